The van der Waals surface area contributed by atoms with Crippen molar-refractivity contribution in [1.82, 2.24) is 5.32 Å². The Kier molecular flexibility index (Phi) is 3.38. The maximum atomic E-state index is 12.8. The van der Waals surface area contributed by atoms with Gasteiger partial charge in [-0.3, -0.25) is 5.41 Å². The van der Waals surface area contributed by atoms with Crippen LogP contribution in [-0.4, -0.2) is 17.4 Å². The van der Waals surface area contributed by atoms with E-state index in [1.165, 1.54) is 12.1 Å². The molecule has 1 saturated heterocycles. The summed E-state index contributed by atoms with van der Waals surface area (Å²) in [5, 5.41) is 11.1. The molecule has 22 heavy (non-hydrogen) atoms. The van der Waals surface area contributed by atoms with Crippen molar-refractivity contribution in [3.05, 3.63) is 29.8 Å². The summed E-state index contributed by atoms with van der Waals surface area (Å²) in [6.07, 6.45) is -0.302. The lowest BCUT2D eigenvalue weighted by Gasteiger charge is -2.32. The summed E-state index contributed by atoms with van der Waals surface area (Å²) in [6, 6.07) is 4.02. The lowest BCUT2D eigenvalue weighted by molar-refractivity contribution is -0.137. The molecule has 0 atom stereocenters. The lowest BCUT2D eigenvalue weighted by Crippen LogP contribution is -2.48. The second kappa shape index (κ2) is 5.00. The van der Waals surface area contributed by atoms with Crippen LogP contribution >= 0.6 is 0 Å². The predicted octanol–water partition coefficient (Wildman–Crippen LogP) is 3.92. The van der Waals surface area contributed by atoms with Gasteiger partial charge in [0.2, 0.25) is 0 Å². The number of carbonyl (C=O) groups excluding carboxylic acids is 1. The van der Waals surface area contributed by atoms with Crippen LogP contribution in [0, 0.1) is 5.41 Å². The normalized spacial score (nSPS) is 21.3. The summed E-state index contributed by atoms with van der Waals surface area (Å²) in [4.78, 5) is 13.3. The first-order chi connectivity index (χ1) is 10.3. The van der Waals surface area contributed by atoms with E-state index in [1.807, 2.05) is 0 Å². The van der Waals surface area contributed by atoms with Crippen LogP contribution in [0.2, 0.25) is 0 Å². The van der Waals surface area contributed by atoms with Crippen LogP contribution in [0.4, 0.5) is 23.7 Å². The fourth-order valence-electron chi connectivity index (χ4n) is 3.22. The van der Waals surface area contributed by atoms with Gasteiger partial charge in [0.15, 0.2) is 0 Å². The third-order valence-corrected chi connectivity index (χ3v) is 4.36. The fourth-order valence-corrected chi connectivity index (χ4v) is 3.22. The molecule has 0 aromatic heterocycles. The molecule has 4 nitrogen and oxygen atoms in total. The van der Waals surface area contributed by atoms with E-state index in [-0.39, 0.29) is 11.5 Å². The minimum atomic E-state index is -4.48. The van der Waals surface area contributed by atoms with Gasteiger partial charge in [-0.25, -0.2) is 9.69 Å². The van der Waals surface area contributed by atoms with E-state index in [0.717, 1.165) is 36.3 Å². The van der Waals surface area contributed by atoms with Crippen LogP contribution in [0.15, 0.2) is 24.3 Å². The van der Waals surface area contributed by atoms with Gasteiger partial charge in [0, 0.05) is 0 Å². The molecule has 1 saturated carbocycles. The number of hydrogen-bond donors (Lipinski definition) is 2. The highest BCUT2D eigenvalue weighted by Crippen LogP contribution is 2.37. The van der Waals surface area contributed by atoms with Crippen molar-refractivity contribution in [2.75, 3.05) is 4.90 Å². The molecule has 1 aromatic rings. The van der Waals surface area contributed by atoms with Gasteiger partial charge in [-0.15, -0.1) is 0 Å². The average molecular weight is 311 g/mol. The molecule has 1 aliphatic carbocycles. The molecule has 1 aromatic carbocycles. The second-order valence-electron chi connectivity index (χ2n) is 5.81. The Morgan fingerprint density at radius 3 is 2.50 bits per heavy atom. The highest BCUT2D eigenvalue weighted by atomic mass is 19.4. The molecule has 2 amide bonds. The zero-order valence-corrected chi connectivity index (χ0v) is 11.8. The SMILES string of the molecule is N=C1N(c2cccc(C(F)(F)F)c2)C(=O)NC12CCCCC2. The Bertz CT molecular complexity index is 621. The van der Waals surface area contributed by atoms with Crippen molar-refractivity contribution in [3.63, 3.8) is 0 Å². The van der Waals surface area contributed by atoms with Crippen molar-refractivity contribution in [2.45, 2.75) is 43.8 Å². The Labute approximate surface area is 125 Å². The summed E-state index contributed by atoms with van der Waals surface area (Å²) in [6.45, 7) is 0. The zero-order chi connectivity index (χ0) is 16.0. The minimum Gasteiger partial charge on any atom is -0.325 e. The molecule has 118 valence electrons. The minimum absolute atomic E-state index is 0.0523. The van der Waals surface area contributed by atoms with Crippen LogP contribution < -0.4 is 10.2 Å². The van der Waals surface area contributed by atoms with Gasteiger partial charge in [0.25, 0.3) is 0 Å². The van der Waals surface area contributed by atoms with Crippen LogP contribution in [0.3, 0.4) is 0 Å². The molecule has 0 radical (unpaired) electrons. The van der Waals surface area contributed by atoms with Crippen molar-refractivity contribution in [2.24, 2.45) is 0 Å². The number of rotatable bonds is 1. The molecule has 1 spiro atoms. The number of urea groups is 1. The lowest BCUT2D eigenvalue weighted by atomic mass is 9.81. The number of amides is 2. The number of anilines is 1. The van der Waals surface area contributed by atoms with E-state index in [0.29, 0.717) is 12.8 Å². The molecule has 0 bridgehead atoms. The number of nitrogens with zero attached hydrogens (tertiary/aromatic N) is 1. The fraction of sp³-hybridized carbons (Fsp3) is 0.467. The maximum Gasteiger partial charge on any atom is 0.416 e. The van der Waals surface area contributed by atoms with Gasteiger partial charge < -0.3 is 5.32 Å². The highest BCUT2D eigenvalue weighted by molar-refractivity contribution is 6.24. The first kappa shape index (κ1) is 14.9. The van der Waals surface area contributed by atoms with E-state index in [2.05, 4.69) is 5.32 Å². The maximum absolute atomic E-state index is 12.8. The number of nitrogens with one attached hydrogen (secondary N) is 2. The van der Waals surface area contributed by atoms with Gasteiger partial charge in [0.05, 0.1) is 16.8 Å². The van der Waals surface area contributed by atoms with Gasteiger partial charge in [-0.2, -0.15) is 13.2 Å². The number of alkyl halides is 3. The first-order valence-electron chi connectivity index (χ1n) is 7.22. The largest absolute Gasteiger partial charge is 0.416 e. The van der Waals surface area contributed by atoms with Crippen molar-refractivity contribution in [1.29, 1.82) is 5.41 Å². The monoisotopic (exact) mass is 311 g/mol. The van der Waals surface area contributed by atoms with Gasteiger partial charge in [-0.1, -0.05) is 25.3 Å². The summed E-state index contributed by atoms with van der Waals surface area (Å²) in [7, 11) is 0. The zero-order valence-electron chi connectivity index (χ0n) is 11.8. The first-order valence-corrected chi connectivity index (χ1v) is 7.22. The Hall–Kier alpha value is -2.05. The molecule has 1 aliphatic heterocycles. The van der Waals surface area contributed by atoms with Crippen molar-refractivity contribution in [3.8, 4) is 0 Å². The second-order valence-corrected chi connectivity index (χ2v) is 5.81. The number of amidine groups is 1. The molecule has 1 heterocycles. The average Bonchev–Trinajstić information content (AvgIpc) is 2.70. The number of benzene rings is 1. The van der Waals surface area contributed by atoms with Crippen molar-refractivity contribution >= 4 is 17.6 Å². The van der Waals surface area contributed by atoms with Crippen molar-refractivity contribution < 1.29 is 18.0 Å². The third-order valence-electron chi connectivity index (χ3n) is 4.36. The Morgan fingerprint density at radius 1 is 1.18 bits per heavy atom. The van der Waals surface area contributed by atoms with E-state index < -0.39 is 23.3 Å². The molecular weight excluding hydrogens is 295 g/mol. The van der Waals surface area contributed by atoms with Crippen LogP contribution in [-0.2, 0) is 6.18 Å². The van der Waals surface area contributed by atoms with E-state index in [9.17, 15) is 18.0 Å². The van der Waals surface area contributed by atoms with Gasteiger partial charge in [-0.05, 0) is 31.0 Å². The summed E-state index contributed by atoms with van der Waals surface area (Å²) in [5.74, 6) is 0.0523. The summed E-state index contributed by atoms with van der Waals surface area (Å²) < 4.78 is 38.5. The molecule has 2 aliphatic rings. The summed E-state index contributed by atoms with van der Waals surface area (Å²) in [5.41, 5.74) is -1.46. The number of halogens is 3. The third kappa shape index (κ3) is 2.34. The molecule has 2 N–H and O–H groups in total. The van der Waals surface area contributed by atoms with E-state index >= 15 is 0 Å². The van der Waals surface area contributed by atoms with Crippen LogP contribution in [0.5, 0.6) is 0 Å². The number of hydrogen-bond acceptors (Lipinski definition) is 2. The highest BCUT2D eigenvalue weighted by Gasteiger charge is 2.49. The smallest absolute Gasteiger partial charge is 0.325 e. The predicted molar refractivity (Wildman–Crippen MR) is 76.0 cm³/mol. The molecule has 7 heteroatoms. The summed E-state index contributed by atoms with van der Waals surface area (Å²) >= 11 is 0. The molecule has 2 fully saturated rings. The van der Waals surface area contributed by atoms with Crippen LogP contribution in [0.25, 0.3) is 0 Å². The topological polar surface area (TPSA) is 56.2 Å². The Morgan fingerprint density at radius 2 is 1.86 bits per heavy atom. The molecule has 3 rings (SSSR count). The Balaban J connectivity index is 1.95. The molecule has 0 unspecified atom stereocenters. The van der Waals surface area contributed by atoms with Gasteiger partial charge in [0.1, 0.15) is 5.84 Å². The number of carbonyl (C=O) groups is 1. The molecular formula is C15H16F3N3O. The quantitative estimate of drug-likeness (QED) is 0.811. The van der Waals surface area contributed by atoms with Gasteiger partial charge >= 0.3 is 12.2 Å². The van der Waals surface area contributed by atoms with E-state index in [4.69, 9.17) is 5.41 Å². The van der Waals surface area contributed by atoms with E-state index in [1.54, 1.807) is 0 Å². The standard InChI is InChI=1S/C15H16F3N3O/c16-15(17,18)10-5-4-6-11(9-10)21-12(19)14(20-13(21)22)7-2-1-3-8-14/h4-6,9,19H,1-3,7-8H2,(H,20,22). The van der Waals surface area contributed by atoms with Crippen LogP contribution in [0.1, 0.15) is 37.7 Å².